The Kier molecular flexibility index (Phi) is 3.81. The van der Waals surface area contributed by atoms with Crippen molar-refractivity contribution in [3.05, 3.63) is 16.6 Å². The van der Waals surface area contributed by atoms with E-state index in [0.717, 1.165) is 5.69 Å². The first-order chi connectivity index (χ1) is 6.20. The summed E-state index contributed by atoms with van der Waals surface area (Å²) in [6, 6.07) is 0. The standard InChI is InChI=1S/C7H11N3O2S/c8-7(12)6(11)2-9-1-5-3-13-4-10-5/h3-4,6,9,11H,1-2H2,(H2,8,12). The molecule has 0 aliphatic carbocycles. The third-order valence-electron chi connectivity index (χ3n) is 1.46. The molecule has 0 fully saturated rings. The van der Waals surface area contributed by atoms with Crippen molar-refractivity contribution in [2.75, 3.05) is 6.54 Å². The van der Waals surface area contributed by atoms with Gasteiger partial charge in [0.05, 0.1) is 11.2 Å². The topological polar surface area (TPSA) is 88.2 Å². The number of nitrogens with zero attached hydrogens (tertiary/aromatic N) is 1. The minimum Gasteiger partial charge on any atom is -0.382 e. The normalized spacial score (nSPS) is 12.7. The van der Waals surface area contributed by atoms with E-state index >= 15 is 0 Å². The summed E-state index contributed by atoms with van der Waals surface area (Å²) < 4.78 is 0. The summed E-state index contributed by atoms with van der Waals surface area (Å²) in [7, 11) is 0. The minimum absolute atomic E-state index is 0.160. The van der Waals surface area contributed by atoms with Crippen LogP contribution in [0.3, 0.4) is 0 Å². The van der Waals surface area contributed by atoms with Crippen LogP contribution in [-0.4, -0.2) is 28.6 Å². The Morgan fingerprint density at radius 2 is 2.62 bits per heavy atom. The first-order valence-electron chi connectivity index (χ1n) is 3.75. The molecule has 13 heavy (non-hydrogen) atoms. The zero-order valence-electron chi connectivity index (χ0n) is 6.93. The highest BCUT2D eigenvalue weighted by molar-refractivity contribution is 7.07. The summed E-state index contributed by atoms with van der Waals surface area (Å²) in [5.74, 6) is -0.717. The van der Waals surface area contributed by atoms with Crippen LogP contribution < -0.4 is 11.1 Å². The number of rotatable bonds is 5. The van der Waals surface area contributed by atoms with Crippen molar-refractivity contribution in [3.63, 3.8) is 0 Å². The van der Waals surface area contributed by atoms with E-state index in [0.29, 0.717) is 6.54 Å². The van der Waals surface area contributed by atoms with Gasteiger partial charge in [-0.1, -0.05) is 0 Å². The zero-order valence-corrected chi connectivity index (χ0v) is 7.75. The second-order valence-electron chi connectivity index (χ2n) is 2.53. The molecule has 0 spiro atoms. The fourth-order valence-corrected chi connectivity index (χ4v) is 1.32. The van der Waals surface area contributed by atoms with Gasteiger partial charge in [-0.2, -0.15) is 0 Å². The fourth-order valence-electron chi connectivity index (χ4n) is 0.762. The highest BCUT2D eigenvalue weighted by atomic mass is 32.1. The number of carbonyl (C=O) groups is 1. The van der Waals surface area contributed by atoms with Gasteiger partial charge in [-0.3, -0.25) is 4.79 Å². The third-order valence-corrected chi connectivity index (χ3v) is 2.09. The Hall–Kier alpha value is -0.980. The average Bonchev–Trinajstić information content (AvgIpc) is 2.56. The summed E-state index contributed by atoms with van der Waals surface area (Å²) in [5, 5.41) is 13.8. The van der Waals surface area contributed by atoms with Gasteiger partial charge in [0.15, 0.2) is 0 Å². The molecule has 1 heterocycles. The number of amides is 1. The quantitative estimate of drug-likeness (QED) is 0.575. The van der Waals surface area contributed by atoms with Gasteiger partial charge in [0, 0.05) is 18.5 Å². The Labute approximate surface area is 79.6 Å². The second kappa shape index (κ2) is 4.90. The molecule has 0 aliphatic heterocycles. The fraction of sp³-hybridized carbons (Fsp3) is 0.429. The van der Waals surface area contributed by atoms with Crippen molar-refractivity contribution in [2.24, 2.45) is 5.73 Å². The van der Waals surface area contributed by atoms with Crippen LogP contribution >= 0.6 is 11.3 Å². The maximum absolute atomic E-state index is 10.4. The molecule has 1 amide bonds. The van der Waals surface area contributed by atoms with E-state index < -0.39 is 12.0 Å². The second-order valence-corrected chi connectivity index (χ2v) is 3.25. The Morgan fingerprint density at radius 1 is 1.85 bits per heavy atom. The van der Waals surface area contributed by atoms with E-state index in [1.54, 1.807) is 5.51 Å². The smallest absolute Gasteiger partial charge is 0.247 e. The number of thiazole rings is 1. The first kappa shape index (κ1) is 10.1. The highest BCUT2D eigenvalue weighted by Crippen LogP contribution is 1.99. The lowest BCUT2D eigenvalue weighted by Crippen LogP contribution is -2.37. The van der Waals surface area contributed by atoms with Crippen molar-refractivity contribution < 1.29 is 9.90 Å². The number of aliphatic hydroxyl groups excluding tert-OH is 1. The molecule has 1 atom stereocenters. The molecule has 0 bridgehead atoms. The number of nitrogens with one attached hydrogen (secondary N) is 1. The molecule has 0 aromatic carbocycles. The molecule has 1 aromatic heterocycles. The lowest BCUT2D eigenvalue weighted by atomic mass is 10.3. The predicted molar refractivity (Wildman–Crippen MR) is 49.0 cm³/mol. The van der Waals surface area contributed by atoms with Crippen LogP contribution in [0, 0.1) is 0 Å². The molecule has 4 N–H and O–H groups in total. The number of primary amides is 1. The van der Waals surface area contributed by atoms with Crippen LogP contribution in [0.5, 0.6) is 0 Å². The first-order valence-corrected chi connectivity index (χ1v) is 4.69. The van der Waals surface area contributed by atoms with Crippen LogP contribution in [0.1, 0.15) is 5.69 Å². The molecule has 72 valence electrons. The molecular weight excluding hydrogens is 190 g/mol. The lowest BCUT2D eigenvalue weighted by Gasteiger charge is -2.06. The van der Waals surface area contributed by atoms with Crippen LogP contribution in [-0.2, 0) is 11.3 Å². The van der Waals surface area contributed by atoms with Crippen molar-refractivity contribution in [2.45, 2.75) is 12.6 Å². The molecule has 0 saturated heterocycles. The van der Waals surface area contributed by atoms with Gasteiger partial charge in [-0.15, -0.1) is 11.3 Å². The monoisotopic (exact) mass is 201 g/mol. The number of hydrogen-bond donors (Lipinski definition) is 3. The molecule has 0 saturated carbocycles. The van der Waals surface area contributed by atoms with Crippen LogP contribution in [0.2, 0.25) is 0 Å². The molecule has 6 heteroatoms. The van der Waals surface area contributed by atoms with Gasteiger partial charge in [0.2, 0.25) is 5.91 Å². The van der Waals surface area contributed by atoms with Crippen LogP contribution in [0.15, 0.2) is 10.9 Å². The van der Waals surface area contributed by atoms with Gasteiger partial charge in [0.1, 0.15) is 6.10 Å². The third kappa shape index (κ3) is 3.49. The van der Waals surface area contributed by atoms with E-state index in [1.165, 1.54) is 11.3 Å². The number of hydrogen-bond acceptors (Lipinski definition) is 5. The van der Waals surface area contributed by atoms with Crippen molar-refractivity contribution in [1.82, 2.24) is 10.3 Å². The number of carbonyl (C=O) groups excluding carboxylic acids is 1. The van der Waals surface area contributed by atoms with E-state index in [-0.39, 0.29) is 6.54 Å². The summed E-state index contributed by atoms with van der Waals surface area (Å²) in [5.41, 5.74) is 7.47. The zero-order chi connectivity index (χ0) is 9.68. The van der Waals surface area contributed by atoms with Gasteiger partial charge in [-0.25, -0.2) is 4.98 Å². The van der Waals surface area contributed by atoms with E-state index in [2.05, 4.69) is 10.3 Å². The average molecular weight is 201 g/mol. The largest absolute Gasteiger partial charge is 0.382 e. The lowest BCUT2D eigenvalue weighted by molar-refractivity contribution is -0.125. The molecule has 0 radical (unpaired) electrons. The Morgan fingerprint density at radius 3 is 3.15 bits per heavy atom. The molecule has 1 rings (SSSR count). The van der Waals surface area contributed by atoms with E-state index in [1.807, 2.05) is 5.38 Å². The molecule has 0 aliphatic rings. The molecule has 5 nitrogen and oxygen atoms in total. The Balaban J connectivity index is 2.18. The Bertz CT molecular complexity index is 263. The van der Waals surface area contributed by atoms with Crippen LogP contribution in [0.4, 0.5) is 0 Å². The van der Waals surface area contributed by atoms with E-state index in [4.69, 9.17) is 10.8 Å². The van der Waals surface area contributed by atoms with Gasteiger partial charge < -0.3 is 16.2 Å². The SMILES string of the molecule is NC(=O)C(O)CNCc1cscn1. The molecule has 1 aromatic rings. The molecular formula is C7H11N3O2S. The van der Waals surface area contributed by atoms with Crippen LogP contribution in [0.25, 0.3) is 0 Å². The van der Waals surface area contributed by atoms with Gasteiger partial charge in [0.25, 0.3) is 0 Å². The number of nitrogens with two attached hydrogens (primary N) is 1. The summed E-state index contributed by atoms with van der Waals surface area (Å²) >= 11 is 1.50. The number of aromatic nitrogens is 1. The maximum Gasteiger partial charge on any atom is 0.247 e. The van der Waals surface area contributed by atoms with Gasteiger partial charge in [-0.05, 0) is 0 Å². The summed E-state index contributed by atoms with van der Waals surface area (Å²) in [6.07, 6.45) is -1.13. The maximum atomic E-state index is 10.4. The minimum atomic E-state index is -1.13. The highest BCUT2D eigenvalue weighted by Gasteiger charge is 2.09. The summed E-state index contributed by atoms with van der Waals surface area (Å²) in [6.45, 7) is 0.695. The van der Waals surface area contributed by atoms with E-state index in [9.17, 15) is 4.79 Å². The van der Waals surface area contributed by atoms with Crippen molar-refractivity contribution in [1.29, 1.82) is 0 Å². The predicted octanol–water partition coefficient (Wildman–Crippen LogP) is -0.921. The van der Waals surface area contributed by atoms with Gasteiger partial charge >= 0.3 is 0 Å². The van der Waals surface area contributed by atoms with Crippen molar-refractivity contribution in [3.8, 4) is 0 Å². The molecule has 1 unspecified atom stereocenters. The number of aliphatic hydroxyl groups is 1. The summed E-state index contributed by atoms with van der Waals surface area (Å²) in [4.78, 5) is 14.4. The van der Waals surface area contributed by atoms with Crippen molar-refractivity contribution >= 4 is 17.2 Å².